The first-order valence-corrected chi connectivity index (χ1v) is 7.84. The van der Waals surface area contributed by atoms with E-state index in [1.165, 1.54) is 36.6 Å². The molecule has 1 aromatic rings. The normalized spacial score (nSPS) is 20.9. The number of rotatable bonds is 1. The van der Waals surface area contributed by atoms with Gasteiger partial charge >= 0.3 is 108 Å². The molecule has 0 saturated heterocycles. The Kier molecular flexibility index (Phi) is 3.08. The summed E-state index contributed by atoms with van der Waals surface area (Å²) in [5.41, 5.74) is 1.00. The van der Waals surface area contributed by atoms with Gasteiger partial charge in [-0.25, -0.2) is 0 Å². The van der Waals surface area contributed by atoms with Gasteiger partial charge in [-0.15, -0.1) is 0 Å². The predicted molar refractivity (Wildman–Crippen MR) is 69.6 cm³/mol. The van der Waals surface area contributed by atoms with E-state index in [1.807, 2.05) is 12.1 Å². The van der Waals surface area contributed by atoms with E-state index in [-0.39, 0.29) is 21.2 Å². The third-order valence-corrected chi connectivity index (χ3v) is 5.98. The topological polar surface area (TPSA) is 32.3 Å². The van der Waals surface area contributed by atoms with Crippen molar-refractivity contribution in [3.05, 3.63) is 24.3 Å². The number of amides is 2. The zero-order valence-corrected chi connectivity index (χ0v) is 11.4. The van der Waals surface area contributed by atoms with Crippen LogP contribution in [-0.4, -0.2) is 31.2 Å². The first-order valence-electron chi connectivity index (χ1n) is 6.22. The van der Waals surface area contributed by atoms with Crippen LogP contribution < -0.4 is 9.78 Å². The Morgan fingerprint density at radius 3 is 2.76 bits per heavy atom. The molecule has 3 rings (SSSR count). The number of carbonyl (C=O) groups excluding carboxylic acids is 1. The number of nitrogens with zero attached hydrogens (tertiary/aromatic N) is 1. The van der Waals surface area contributed by atoms with E-state index < -0.39 is 0 Å². The van der Waals surface area contributed by atoms with Gasteiger partial charge in [0.1, 0.15) is 0 Å². The molecule has 0 bridgehead atoms. The number of carbonyl (C=O) groups is 1. The number of benzene rings is 1. The summed E-state index contributed by atoms with van der Waals surface area (Å²) >= 11 is 0.154. The number of hydrogen-bond acceptors (Lipinski definition) is 1. The Bertz CT molecular complexity index is 429. The molecule has 4 heteroatoms. The van der Waals surface area contributed by atoms with Crippen LogP contribution in [0.2, 0.25) is 0 Å². The molecule has 1 N–H and O–H groups in total. The van der Waals surface area contributed by atoms with Gasteiger partial charge in [-0.2, -0.15) is 0 Å². The molecule has 0 radical (unpaired) electrons. The maximum atomic E-state index is 12.1. The van der Waals surface area contributed by atoms with Crippen molar-refractivity contribution in [3.8, 4) is 0 Å². The molecule has 1 saturated carbocycles. The monoisotopic (exact) mass is 296 g/mol. The van der Waals surface area contributed by atoms with Crippen LogP contribution >= 0.6 is 0 Å². The van der Waals surface area contributed by atoms with E-state index >= 15 is 0 Å². The molecule has 1 aromatic carbocycles. The van der Waals surface area contributed by atoms with Crippen LogP contribution in [0.1, 0.15) is 32.1 Å². The summed E-state index contributed by atoms with van der Waals surface area (Å²) in [6, 6.07) is 8.73. The molecule has 2 amide bonds. The third-order valence-electron chi connectivity index (χ3n) is 3.43. The summed E-state index contributed by atoms with van der Waals surface area (Å²) in [5, 5.41) is 3.01. The predicted octanol–water partition coefficient (Wildman–Crippen LogP) is 2.11. The van der Waals surface area contributed by atoms with Crippen molar-refractivity contribution in [1.82, 2.24) is 3.92 Å². The van der Waals surface area contributed by atoms with E-state index in [9.17, 15) is 4.79 Å². The summed E-state index contributed by atoms with van der Waals surface area (Å²) in [5.74, 6) is 0. The van der Waals surface area contributed by atoms with E-state index in [2.05, 4.69) is 21.4 Å². The summed E-state index contributed by atoms with van der Waals surface area (Å²) in [7, 11) is 0. The molecule has 90 valence electrons. The molecule has 2 aliphatic rings. The number of nitrogens with one attached hydrogen (secondary N) is 1. The first-order chi connectivity index (χ1) is 8.34. The van der Waals surface area contributed by atoms with Crippen LogP contribution in [0.5, 0.6) is 0 Å². The van der Waals surface area contributed by atoms with Gasteiger partial charge in [0.2, 0.25) is 0 Å². The average Bonchev–Trinajstić information content (AvgIpc) is 2.39. The molecule has 1 fully saturated rings. The standard InChI is InChI=1S/C13H16N2OSe/c16-13-14-11-8-4-5-9-12(11)17-15(13)10-6-2-1-3-7-10/h4-5,8-10H,1-3,6-7H2,(H,14,16). The molecule has 1 aliphatic heterocycles. The molecule has 0 aromatic heterocycles. The Labute approximate surface area is 108 Å². The van der Waals surface area contributed by atoms with Gasteiger partial charge in [-0.05, 0) is 0 Å². The Balaban J connectivity index is 1.81. The number of hydrogen-bond donors (Lipinski definition) is 1. The average molecular weight is 295 g/mol. The third kappa shape index (κ3) is 2.20. The zero-order valence-electron chi connectivity index (χ0n) is 9.69. The second-order valence-corrected chi connectivity index (χ2v) is 6.77. The fourth-order valence-corrected chi connectivity index (χ4v) is 4.74. The zero-order chi connectivity index (χ0) is 11.7. The fraction of sp³-hybridized carbons (Fsp3) is 0.462. The summed E-state index contributed by atoms with van der Waals surface area (Å²) < 4.78 is 3.37. The van der Waals surface area contributed by atoms with Gasteiger partial charge in [-0.1, -0.05) is 0 Å². The molecule has 0 spiro atoms. The number of anilines is 1. The van der Waals surface area contributed by atoms with E-state index in [1.54, 1.807) is 0 Å². The Hall–Kier alpha value is -0.991. The van der Waals surface area contributed by atoms with Crippen molar-refractivity contribution in [2.45, 2.75) is 38.1 Å². The van der Waals surface area contributed by atoms with Gasteiger partial charge in [0.25, 0.3) is 0 Å². The van der Waals surface area contributed by atoms with Gasteiger partial charge in [-0.3, -0.25) is 0 Å². The van der Waals surface area contributed by atoms with Crippen LogP contribution in [-0.2, 0) is 0 Å². The SMILES string of the molecule is O=C1Nc2ccccc2[Se]N1C1CCCCC1. The number of urea groups is 1. The number of para-hydroxylation sites is 1. The maximum absolute atomic E-state index is 12.1. The molecule has 3 nitrogen and oxygen atoms in total. The van der Waals surface area contributed by atoms with Gasteiger partial charge in [0.05, 0.1) is 0 Å². The van der Waals surface area contributed by atoms with E-state index in [0.717, 1.165) is 5.69 Å². The molecule has 1 aliphatic carbocycles. The Morgan fingerprint density at radius 1 is 1.18 bits per heavy atom. The second-order valence-electron chi connectivity index (χ2n) is 4.64. The second kappa shape index (κ2) is 4.71. The summed E-state index contributed by atoms with van der Waals surface area (Å²) in [6.45, 7) is 0. The van der Waals surface area contributed by atoms with Crippen molar-refractivity contribution in [3.63, 3.8) is 0 Å². The van der Waals surface area contributed by atoms with Crippen molar-refractivity contribution in [2.75, 3.05) is 5.32 Å². The van der Waals surface area contributed by atoms with Crippen LogP contribution in [0.25, 0.3) is 0 Å². The van der Waals surface area contributed by atoms with Crippen molar-refractivity contribution < 1.29 is 4.79 Å². The summed E-state index contributed by atoms with van der Waals surface area (Å²) in [6.07, 6.45) is 6.22. The van der Waals surface area contributed by atoms with E-state index in [0.29, 0.717) is 6.04 Å². The quantitative estimate of drug-likeness (QED) is 0.791. The van der Waals surface area contributed by atoms with Crippen molar-refractivity contribution in [2.24, 2.45) is 0 Å². The van der Waals surface area contributed by atoms with Crippen molar-refractivity contribution >= 4 is 31.4 Å². The molecular formula is C13H16N2OSe. The Morgan fingerprint density at radius 2 is 1.94 bits per heavy atom. The molecule has 0 atom stereocenters. The molecular weight excluding hydrogens is 279 g/mol. The molecule has 0 unspecified atom stereocenters. The first kappa shape index (κ1) is 11.1. The van der Waals surface area contributed by atoms with Crippen LogP contribution in [0.4, 0.5) is 10.5 Å². The number of fused-ring (bicyclic) bond motifs is 1. The minimum absolute atomic E-state index is 0.107. The molecule has 1 heterocycles. The fourth-order valence-electron chi connectivity index (χ4n) is 2.52. The van der Waals surface area contributed by atoms with Crippen LogP contribution in [0.15, 0.2) is 24.3 Å². The summed E-state index contributed by atoms with van der Waals surface area (Å²) in [4.78, 5) is 12.1. The minimum atomic E-state index is 0.107. The van der Waals surface area contributed by atoms with Crippen LogP contribution in [0, 0.1) is 0 Å². The van der Waals surface area contributed by atoms with Gasteiger partial charge in [0, 0.05) is 0 Å². The van der Waals surface area contributed by atoms with Crippen LogP contribution in [0.3, 0.4) is 0 Å². The van der Waals surface area contributed by atoms with E-state index in [4.69, 9.17) is 0 Å². The molecule has 17 heavy (non-hydrogen) atoms. The van der Waals surface area contributed by atoms with Crippen molar-refractivity contribution in [1.29, 1.82) is 0 Å². The van der Waals surface area contributed by atoms with Gasteiger partial charge in [0.15, 0.2) is 0 Å². The van der Waals surface area contributed by atoms with Gasteiger partial charge < -0.3 is 0 Å².